The highest BCUT2D eigenvalue weighted by Crippen LogP contribution is 2.51. The topological polar surface area (TPSA) is 24.9 Å². The van der Waals surface area contributed by atoms with Gasteiger partial charge >= 0.3 is 0 Å². The molecule has 1 aliphatic carbocycles. The van der Waals surface area contributed by atoms with Crippen molar-refractivity contribution in [3.63, 3.8) is 0 Å². The van der Waals surface area contributed by atoms with E-state index in [2.05, 4.69) is 34.6 Å². The molecule has 0 amide bonds. The maximum Gasteiger partial charge on any atom is 0.151 e. The van der Waals surface area contributed by atoms with Gasteiger partial charge in [0.15, 0.2) is 4.34 Å². The highest BCUT2D eigenvalue weighted by Gasteiger charge is 2.52. The van der Waals surface area contributed by atoms with Gasteiger partial charge in [0.25, 0.3) is 0 Å². The Morgan fingerprint density at radius 2 is 2.12 bits per heavy atom. The molecule has 1 aliphatic heterocycles. The van der Waals surface area contributed by atoms with E-state index in [1.807, 2.05) is 23.1 Å². The fourth-order valence-corrected chi connectivity index (χ4v) is 5.27. The third-order valence-electron chi connectivity index (χ3n) is 3.94. The number of rotatable bonds is 3. The molecule has 0 bridgehead atoms. The number of aromatic nitrogens is 1. The van der Waals surface area contributed by atoms with Crippen molar-refractivity contribution in [2.75, 3.05) is 18.8 Å². The number of hydrogen-bond donors (Lipinski definition) is 1. The molecule has 4 heteroatoms. The zero-order chi connectivity index (χ0) is 11.2. The third kappa shape index (κ3) is 1.79. The lowest BCUT2D eigenvalue weighted by atomic mass is 10.3. The van der Waals surface area contributed by atoms with E-state index >= 15 is 0 Å². The number of piperidine rings is 1. The summed E-state index contributed by atoms with van der Waals surface area (Å²) < 4.78 is 2.55. The number of fused-ring (bicyclic) bond motifs is 2. The Labute approximate surface area is 109 Å². The quantitative estimate of drug-likeness (QED) is 0.861. The summed E-state index contributed by atoms with van der Waals surface area (Å²) in [5.41, 5.74) is 1.15. The fraction of sp³-hybridized carbons (Fsp3) is 0.462. The predicted molar refractivity (Wildman–Crippen MR) is 73.7 cm³/mol. The van der Waals surface area contributed by atoms with Crippen LogP contribution in [0.15, 0.2) is 28.6 Å². The first-order valence-electron chi connectivity index (χ1n) is 6.11. The molecule has 17 heavy (non-hydrogen) atoms. The van der Waals surface area contributed by atoms with Crippen molar-refractivity contribution in [2.24, 2.45) is 17.8 Å². The Balaban J connectivity index is 1.45. The molecule has 1 aromatic carbocycles. The van der Waals surface area contributed by atoms with Crippen molar-refractivity contribution in [3.8, 4) is 0 Å². The van der Waals surface area contributed by atoms with Crippen LogP contribution in [0.2, 0.25) is 0 Å². The van der Waals surface area contributed by atoms with Crippen molar-refractivity contribution in [3.05, 3.63) is 24.3 Å². The molecule has 2 fully saturated rings. The third-order valence-corrected chi connectivity index (χ3v) is 6.27. The monoisotopic (exact) mass is 262 g/mol. The summed E-state index contributed by atoms with van der Waals surface area (Å²) in [7, 11) is 0. The zero-order valence-corrected chi connectivity index (χ0v) is 11.1. The highest BCUT2D eigenvalue weighted by molar-refractivity contribution is 8.01. The lowest BCUT2D eigenvalue weighted by molar-refractivity contribution is 0.640. The Morgan fingerprint density at radius 3 is 2.94 bits per heavy atom. The van der Waals surface area contributed by atoms with Gasteiger partial charge in [0.1, 0.15) is 0 Å². The molecule has 2 aliphatic rings. The Bertz CT molecular complexity index is 508. The van der Waals surface area contributed by atoms with Crippen LogP contribution in [0.4, 0.5) is 0 Å². The van der Waals surface area contributed by atoms with Gasteiger partial charge in [-0.05, 0) is 43.0 Å². The summed E-state index contributed by atoms with van der Waals surface area (Å²) in [6.07, 6.45) is 0. The summed E-state index contributed by atoms with van der Waals surface area (Å²) in [5.74, 6) is 4.15. The molecular formula is C13H14N2S2. The summed E-state index contributed by atoms with van der Waals surface area (Å²) in [5, 5.41) is 3.45. The first-order chi connectivity index (χ1) is 8.42. The first-order valence-corrected chi connectivity index (χ1v) is 7.91. The van der Waals surface area contributed by atoms with Gasteiger partial charge in [-0.25, -0.2) is 4.98 Å². The second-order valence-corrected chi connectivity index (χ2v) is 7.21. The molecule has 1 saturated heterocycles. The lowest BCUT2D eigenvalue weighted by Gasteiger charge is -2.01. The molecule has 0 spiro atoms. The Kier molecular flexibility index (Phi) is 2.42. The molecule has 88 valence electrons. The van der Waals surface area contributed by atoms with Gasteiger partial charge < -0.3 is 5.32 Å². The number of hydrogen-bond acceptors (Lipinski definition) is 4. The van der Waals surface area contributed by atoms with E-state index in [0.29, 0.717) is 0 Å². The van der Waals surface area contributed by atoms with Gasteiger partial charge in [0.05, 0.1) is 10.2 Å². The van der Waals surface area contributed by atoms with E-state index in [9.17, 15) is 0 Å². The Hall–Kier alpha value is -0.580. The average molecular weight is 262 g/mol. The van der Waals surface area contributed by atoms with Crippen molar-refractivity contribution < 1.29 is 0 Å². The second kappa shape index (κ2) is 3.97. The largest absolute Gasteiger partial charge is 0.316 e. The van der Waals surface area contributed by atoms with Crippen LogP contribution >= 0.6 is 23.1 Å². The number of para-hydroxylation sites is 1. The normalized spacial score (nSPS) is 30.7. The molecule has 2 heterocycles. The van der Waals surface area contributed by atoms with E-state index in [-0.39, 0.29) is 0 Å². The van der Waals surface area contributed by atoms with Crippen LogP contribution < -0.4 is 5.32 Å². The molecule has 4 rings (SSSR count). The van der Waals surface area contributed by atoms with E-state index in [4.69, 9.17) is 0 Å². The minimum absolute atomic E-state index is 0.952. The number of thioether (sulfide) groups is 1. The highest BCUT2D eigenvalue weighted by atomic mass is 32.2. The van der Waals surface area contributed by atoms with Crippen LogP contribution in [0.5, 0.6) is 0 Å². The van der Waals surface area contributed by atoms with Gasteiger partial charge in [-0.1, -0.05) is 23.9 Å². The molecule has 1 N–H and O–H groups in total. The van der Waals surface area contributed by atoms with Crippen LogP contribution in [0.25, 0.3) is 10.2 Å². The van der Waals surface area contributed by atoms with Gasteiger partial charge in [-0.15, -0.1) is 11.3 Å². The molecule has 2 atom stereocenters. The van der Waals surface area contributed by atoms with Crippen molar-refractivity contribution in [1.82, 2.24) is 10.3 Å². The van der Waals surface area contributed by atoms with Crippen LogP contribution in [0.3, 0.4) is 0 Å². The van der Waals surface area contributed by atoms with E-state index in [0.717, 1.165) is 23.3 Å². The summed E-state index contributed by atoms with van der Waals surface area (Å²) >= 11 is 3.78. The molecule has 1 aromatic heterocycles. The number of benzene rings is 1. The first kappa shape index (κ1) is 10.4. The number of nitrogens with zero attached hydrogens (tertiary/aromatic N) is 1. The van der Waals surface area contributed by atoms with Gasteiger partial charge in [-0.3, -0.25) is 0 Å². The molecule has 2 unspecified atom stereocenters. The van der Waals surface area contributed by atoms with Gasteiger partial charge in [0.2, 0.25) is 0 Å². The second-order valence-electron chi connectivity index (χ2n) is 4.91. The van der Waals surface area contributed by atoms with E-state index in [1.165, 1.54) is 27.9 Å². The molecule has 0 radical (unpaired) electrons. The van der Waals surface area contributed by atoms with Crippen LogP contribution in [-0.4, -0.2) is 23.8 Å². The van der Waals surface area contributed by atoms with Crippen LogP contribution in [-0.2, 0) is 0 Å². The SMILES string of the molecule is c1ccc2sc(SCC3C4CNCC43)nc2c1. The van der Waals surface area contributed by atoms with Crippen LogP contribution in [0.1, 0.15) is 0 Å². The number of thiazole rings is 1. The summed E-state index contributed by atoms with van der Waals surface area (Å²) in [4.78, 5) is 4.67. The Morgan fingerprint density at radius 1 is 1.29 bits per heavy atom. The standard InChI is InChI=1S/C13H14N2S2/c1-2-4-12-11(3-1)15-13(17-12)16-7-10-8-5-14-6-9(8)10/h1-4,8-10,14H,5-7H2. The van der Waals surface area contributed by atoms with Crippen LogP contribution in [0, 0.1) is 17.8 Å². The summed E-state index contributed by atoms with van der Waals surface area (Å²) in [6.45, 7) is 2.49. The zero-order valence-electron chi connectivity index (χ0n) is 9.43. The van der Waals surface area contributed by atoms with E-state index < -0.39 is 0 Å². The minimum Gasteiger partial charge on any atom is -0.316 e. The minimum atomic E-state index is 0.952. The fourth-order valence-electron chi connectivity index (χ4n) is 2.87. The average Bonchev–Trinajstić information content (AvgIpc) is 2.76. The van der Waals surface area contributed by atoms with Crippen molar-refractivity contribution >= 4 is 33.3 Å². The smallest absolute Gasteiger partial charge is 0.151 e. The van der Waals surface area contributed by atoms with Crippen molar-refractivity contribution in [1.29, 1.82) is 0 Å². The molecule has 2 nitrogen and oxygen atoms in total. The molecule has 2 aromatic rings. The maximum absolute atomic E-state index is 4.67. The van der Waals surface area contributed by atoms with E-state index in [1.54, 1.807) is 0 Å². The number of nitrogens with one attached hydrogen (secondary N) is 1. The maximum atomic E-state index is 4.67. The molecular weight excluding hydrogens is 248 g/mol. The predicted octanol–water partition coefficient (Wildman–Crippen LogP) is 2.85. The van der Waals surface area contributed by atoms with Crippen molar-refractivity contribution in [2.45, 2.75) is 4.34 Å². The van der Waals surface area contributed by atoms with Gasteiger partial charge in [-0.2, -0.15) is 0 Å². The summed E-state index contributed by atoms with van der Waals surface area (Å²) in [6, 6.07) is 8.41. The van der Waals surface area contributed by atoms with Gasteiger partial charge in [0, 0.05) is 5.75 Å². The molecule has 1 saturated carbocycles. The lowest BCUT2D eigenvalue weighted by Crippen LogP contribution is -2.15.